The van der Waals surface area contributed by atoms with Gasteiger partial charge in [0, 0.05) is 12.2 Å². The van der Waals surface area contributed by atoms with Gasteiger partial charge < -0.3 is 11.1 Å². The molecule has 0 aliphatic heterocycles. The Balaban J connectivity index is 2.01. The predicted molar refractivity (Wildman–Crippen MR) is 87.0 cm³/mol. The van der Waals surface area contributed by atoms with Crippen LogP contribution in [0, 0.1) is 0 Å². The molecule has 0 fully saturated rings. The van der Waals surface area contributed by atoms with Crippen LogP contribution in [0.15, 0.2) is 18.2 Å². The second kappa shape index (κ2) is 9.96. The van der Waals surface area contributed by atoms with Crippen LogP contribution in [-0.2, 0) is 0 Å². The maximum atomic E-state index is 6.10. The molecule has 0 spiro atoms. The van der Waals surface area contributed by atoms with Gasteiger partial charge in [0.05, 0.1) is 10.7 Å². The van der Waals surface area contributed by atoms with E-state index in [0.717, 1.165) is 12.2 Å². The molecule has 0 heterocycles. The van der Waals surface area contributed by atoms with E-state index in [0.29, 0.717) is 10.7 Å². The first-order valence-corrected chi connectivity index (χ1v) is 7.90. The van der Waals surface area contributed by atoms with Crippen LogP contribution in [0.1, 0.15) is 58.3 Å². The van der Waals surface area contributed by atoms with Crippen LogP contribution in [0.3, 0.4) is 0 Å². The Hall–Kier alpha value is -0.890. The summed E-state index contributed by atoms with van der Waals surface area (Å²) in [5.74, 6) is 0. The fraction of sp³-hybridized carbons (Fsp3) is 0.625. The molecule has 0 saturated heterocycles. The van der Waals surface area contributed by atoms with Crippen molar-refractivity contribution in [3.05, 3.63) is 23.2 Å². The minimum absolute atomic E-state index is 0.708. The molecule has 1 aromatic carbocycles. The molecule has 0 bridgehead atoms. The van der Waals surface area contributed by atoms with Gasteiger partial charge in [0.2, 0.25) is 0 Å². The quantitative estimate of drug-likeness (QED) is 0.441. The fourth-order valence-electron chi connectivity index (χ4n) is 2.16. The Kier molecular flexibility index (Phi) is 8.48. The molecular formula is C16H27ClN2. The second-order valence-electron chi connectivity index (χ2n) is 5.14. The van der Waals surface area contributed by atoms with Gasteiger partial charge in [-0.2, -0.15) is 0 Å². The number of hydrogen-bond donors (Lipinski definition) is 2. The van der Waals surface area contributed by atoms with Crippen molar-refractivity contribution >= 4 is 23.0 Å². The first-order chi connectivity index (χ1) is 9.24. The molecule has 0 aliphatic carbocycles. The SMILES string of the molecule is CCCCCCCCCCNc1ccc(N)cc1Cl. The summed E-state index contributed by atoms with van der Waals surface area (Å²) in [6.07, 6.45) is 10.7. The van der Waals surface area contributed by atoms with Crippen LogP contribution in [0.2, 0.25) is 5.02 Å². The molecule has 3 heteroatoms. The van der Waals surface area contributed by atoms with E-state index in [1.165, 1.54) is 51.4 Å². The van der Waals surface area contributed by atoms with Crippen molar-refractivity contribution in [2.24, 2.45) is 0 Å². The molecule has 1 aromatic rings. The highest BCUT2D eigenvalue weighted by Gasteiger charge is 1.99. The molecule has 108 valence electrons. The third-order valence-corrected chi connectivity index (χ3v) is 3.65. The number of nitrogens with two attached hydrogens (primary N) is 1. The third-order valence-electron chi connectivity index (χ3n) is 3.34. The van der Waals surface area contributed by atoms with Gasteiger partial charge >= 0.3 is 0 Å². The lowest BCUT2D eigenvalue weighted by Crippen LogP contribution is -2.02. The topological polar surface area (TPSA) is 38.0 Å². The molecular weight excluding hydrogens is 256 g/mol. The maximum Gasteiger partial charge on any atom is 0.0657 e. The van der Waals surface area contributed by atoms with Gasteiger partial charge in [-0.25, -0.2) is 0 Å². The van der Waals surface area contributed by atoms with Gasteiger partial charge in [-0.1, -0.05) is 63.5 Å². The van der Waals surface area contributed by atoms with Crippen molar-refractivity contribution in [2.45, 2.75) is 58.3 Å². The standard InChI is InChI=1S/C16H27ClN2/c1-2-3-4-5-6-7-8-9-12-19-16-11-10-14(18)13-15(16)17/h10-11,13,19H,2-9,12,18H2,1H3. The predicted octanol–water partition coefficient (Wildman–Crippen LogP) is 5.47. The minimum atomic E-state index is 0.708. The van der Waals surface area contributed by atoms with Crippen LogP contribution >= 0.6 is 11.6 Å². The maximum absolute atomic E-state index is 6.10. The zero-order valence-electron chi connectivity index (χ0n) is 12.1. The zero-order valence-corrected chi connectivity index (χ0v) is 12.8. The number of anilines is 2. The van der Waals surface area contributed by atoms with Gasteiger partial charge in [0.1, 0.15) is 0 Å². The number of halogens is 1. The normalized spacial score (nSPS) is 10.6. The second-order valence-corrected chi connectivity index (χ2v) is 5.55. The van der Waals surface area contributed by atoms with Gasteiger partial charge in [0.15, 0.2) is 0 Å². The van der Waals surface area contributed by atoms with Crippen LogP contribution < -0.4 is 11.1 Å². The first kappa shape index (κ1) is 16.2. The number of benzene rings is 1. The smallest absolute Gasteiger partial charge is 0.0657 e. The molecule has 0 unspecified atom stereocenters. The summed E-state index contributed by atoms with van der Waals surface area (Å²) in [5.41, 5.74) is 7.36. The summed E-state index contributed by atoms with van der Waals surface area (Å²) < 4.78 is 0. The summed E-state index contributed by atoms with van der Waals surface area (Å²) in [6.45, 7) is 3.24. The third kappa shape index (κ3) is 7.31. The molecule has 2 nitrogen and oxygen atoms in total. The van der Waals surface area contributed by atoms with Crippen LogP contribution in [-0.4, -0.2) is 6.54 Å². The first-order valence-electron chi connectivity index (χ1n) is 7.53. The van der Waals surface area contributed by atoms with Crippen molar-refractivity contribution in [3.8, 4) is 0 Å². The van der Waals surface area contributed by atoms with Crippen LogP contribution in [0.5, 0.6) is 0 Å². The lowest BCUT2D eigenvalue weighted by Gasteiger charge is -2.08. The summed E-state index contributed by atoms with van der Waals surface area (Å²) >= 11 is 6.10. The average Bonchev–Trinajstić information content (AvgIpc) is 2.39. The number of rotatable bonds is 10. The monoisotopic (exact) mass is 282 g/mol. The number of unbranched alkanes of at least 4 members (excludes halogenated alkanes) is 7. The van der Waals surface area contributed by atoms with E-state index in [1.807, 2.05) is 12.1 Å². The fourth-order valence-corrected chi connectivity index (χ4v) is 2.41. The Bertz CT molecular complexity index is 353. The van der Waals surface area contributed by atoms with E-state index in [2.05, 4.69) is 12.2 Å². The van der Waals surface area contributed by atoms with E-state index in [1.54, 1.807) is 6.07 Å². The lowest BCUT2D eigenvalue weighted by molar-refractivity contribution is 0.581. The van der Waals surface area contributed by atoms with E-state index < -0.39 is 0 Å². The van der Waals surface area contributed by atoms with Gasteiger partial charge in [-0.15, -0.1) is 0 Å². The van der Waals surface area contributed by atoms with E-state index in [4.69, 9.17) is 17.3 Å². The largest absolute Gasteiger partial charge is 0.399 e. The molecule has 0 radical (unpaired) electrons. The van der Waals surface area contributed by atoms with Crippen LogP contribution in [0.25, 0.3) is 0 Å². The highest BCUT2D eigenvalue weighted by molar-refractivity contribution is 6.33. The number of hydrogen-bond acceptors (Lipinski definition) is 2. The van der Waals surface area contributed by atoms with E-state index in [9.17, 15) is 0 Å². The molecule has 0 aliphatic rings. The zero-order chi connectivity index (χ0) is 13.9. The lowest BCUT2D eigenvalue weighted by atomic mass is 10.1. The summed E-state index contributed by atoms with van der Waals surface area (Å²) in [7, 11) is 0. The molecule has 0 amide bonds. The number of nitrogen functional groups attached to an aromatic ring is 1. The Morgan fingerprint density at radius 1 is 1.00 bits per heavy atom. The average molecular weight is 283 g/mol. The van der Waals surface area contributed by atoms with Crippen molar-refractivity contribution < 1.29 is 0 Å². The summed E-state index contributed by atoms with van der Waals surface area (Å²) in [6, 6.07) is 5.61. The Labute approximate surface area is 122 Å². The minimum Gasteiger partial charge on any atom is -0.399 e. The highest BCUT2D eigenvalue weighted by Crippen LogP contribution is 2.24. The summed E-state index contributed by atoms with van der Waals surface area (Å²) in [4.78, 5) is 0. The number of nitrogens with one attached hydrogen (secondary N) is 1. The Morgan fingerprint density at radius 2 is 1.63 bits per heavy atom. The van der Waals surface area contributed by atoms with E-state index in [-0.39, 0.29) is 0 Å². The highest BCUT2D eigenvalue weighted by atomic mass is 35.5. The summed E-state index contributed by atoms with van der Waals surface area (Å²) in [5, 5.41) is 4.07. The van der Waals surface area contributed by atoms with Crippen molar-refractivity contribution in [1.29, 1.82) is 0 Å². The van der Waals surface area contributed by atoms with E-state index >= 15 is 0 Å². The van der Waals surface area contributed by atoms with Gasteiger partial charge in [0.25, 0.3) is 0 Å². The van der Waals surface area contributed by atoms with Crippen LogP contribution in [0.4, 0.5) is 11.4 Å². The molecule has 0 aromatic heterocycles. The molecule has 0 atom stereocenters. The van der Waals surface area contributed by atoms with Crippen molar-refractivity contribution in [3.63, 3.8) is 0 Å². The van der Waals surface area contributed by atoms with Gasteiger partial charge in [-0.3, -0.25) is 0 Å². The molecule has 0 saturated carbocycles. The van der Waals surface area contributed by atoms with Gasteiger partial charge in [-0.05, 0) is 24.6 Å². The Morgan fingerprint density at radius 3 is 2.26 bits per heavy atom. The molecule has 1 rings (SSSR count). The molecule has 3 N–H and O–H groups in total. The molecule has 19 heavy (non-hydrogen) atoms. The van der Waals surface area contributed by atoms with Crippen molar-refractivity contribution in [2.75, 3.05) is 17.6 Å². The van der Waals surface area contributed by atoms with Crippen molar-refractivity contribution in [1.82, 2.24) is 0 Å².